The number of rotatable bonds is 10. The van der Waals surface area contributed by atoms with Crippen molar-refractivity contribution in [2.45, 2.75) is 12.6 Å². The van der Waals surface area contributed by atoms with Gasteiger partial charge in [0.25, 0.3) is 0 Å². The van der Waals surface area contributed by atoms with E-state index in [1.165, 1.54) is 21.2 Å². The van der Waals surface area contributed by atoms with E-state index in [0.717, 1.165) is 19.3 Å². The van der Waals surface area contributed by atoms with Crippen molar-refractivity contribution in [3.8, 4) is 0 Å². The maximum Gasteiger partial charge on any atom is 0.00225 e. The zero-order valence-corrected chi connectivity index (χ0v) is 20.4. The predicted octanol–water partition coefficient (Wildman–Crippen LogP) is 5.23. The molecular weight excluding hydrogens is 424 g/mol. The minimum Gasteiger partial charge on any atom is -0.316 e. The molecule has 1 N–H and O–H groups in total. The maximum atomic E-state index is 3.81. The molecular formula is C29H31NP2. The summed E-state index contributed by atoms with van der Waals surface area (Å²) in [7, 11) is -0.731. The van der Waals surface area contributed by atoms with Gasteiger partial charge >= 0.3 is 0 Å². The van der Waals surface area contributed by atoms with Crippen LogP contribution in [0.25, 0.3) is 0 Å². The summed E-state index contributed by atoms with van der Waals surface area (Å²) in [6.07, 6.45) is 1.16. The second kappa shape index (κ2) is 12.1. The molecule has 0 saturated carbocycles. The van der Waals surface area contributed by atoms with Crippen LogP contribution in [0.5, 0.6) is 0 Å². The number of benzene rings is 4. The van der Waals surface area contributed by atoms with E-state index in [0.29, 0.717) is 5.66 Å². The molecule has 4 rings (SSSR count). The van der Waals surface area contributed by atoms with Gasteiger partial charge in [-0.2, -0.15) is 0 Å². The third-order valence-electron chi connectivity index (χ3n) is 5.60. The fourth-order valence-corrected chi connectivity index (χ4v) is 8.93. The molecule has 3 heteroatoms. The Morgan fingerprint density at radius 2 is 0.938 bits per heavy atom. The Morgan fingerprint density at radius 1 is 0.562 bits per heavy atom. The van der Waals surface area contributed by atoms with Crippen molar-refractivity contribution in [2.24, 2.45) is 0 Å². The molecule has 0 spiro atoms. The molecule has 0 saturated heterocycles. The van der Waals surface area contributed by atoms with Gasteiger partial charge in [-0.05, 0) is 55.4 Å². The van der Waals surface area contributed by atoms with Gasteiger partial charge in [0.2, 0.25) is 0 Å². The van der Waals surface area contributed by atoms with E-state index >= 15 is 0 Å². The lowest BCUT2D eigenvalue weighted by Gasteiger charge is -2.26. The van der Waals surface area contributed by atoms with E-state index in [-0.39, 0.29) is 15.8 Å². The van der Waals surface area contributed by atoms with Gasteiger partial charge in [-0.3, -0.25) is 0 Å². The third-order valence-corrected chi connectivity index (χ3v) is 10.9. The summed E-state index contributed by atoms with van der Waals surface area (Å²) in [6, 6.07) is 44.1. The quantitative estimate of drug-likeness (QED) is 0.255. The summed E-state index contributed by atoms with van der Waals surface area (Å²) in [4.78, 5) is 0. The zero-order valence-electron chi connectivity index (χ0n) is 18.6. The van der Waals surface area contributed by atoms with E-state index in [4.69, 9.17) is 0 Å². The molecule has 0 heterocycles. The van der Waals surface area contributed by atoms with Crippen LogP contribution < -0.4 is 26.5 Å². The second-order valence-corrected chi connectivity index (χ2v) is 12.9. The Kier molecular flexibility index (Phi) is 8.63. The summed E-state index contributed by atoms with van der Waals surface area (Å²) in [5.41, 5.74) is 0.564. The van der Waals surface area contributed by atoms with Crippen LogP contribution in [0.4, 0.5) is 0 Å². The molecule has 1 atom stereocenters. The summed E-state index contributed by atoms with van der Waals surface area (Å²) >= 11 is 0. The minimum absolute atomic E-state index is 0.342. The van der Waals surface area contributed by atoms with Gasteiger partial charge in [-0.25, -0.2) is 0 Å². The average Bonchev–Trinajstić information content (AvgIpc) is 2.87. The lowest BCUT2D eigenvalue weighted by Crippen LogP contribution is -2.31. The molecule has 162 valence electrons. The smallest absolute Gasteiger partial charge is 0.00225 e. The van der Waals surface area contributed by atoms with Crippen LogP contribution in [0, 0.1) is 0 Å². The molecule has 0 bridgehead atoms. The van der Waals surface area contributed by atoms with Crippen LogP contribution in [0.1, 0.15) is 6.92 Å². The van der Waals surface area contributed by atoms with Crippen LogP contribution >= 0.6 is 15.8 Å². The van der Waals surface area contributed by atoms with Crippen molar-refractivity contribution in [3.05, 3.63) is 121 Å². The normalized spacial score (nSPS) is 12.2. The first-order chi connectivity index (χ1) is 15.8. The Labute approximate surface area is 195 Å². The zero-order chi connectivity index (χ0) is 22.0. The van der Waals surface area contributed by atoms with Crippen molar-refractivity contribution in [1.29, 1.82) is 0 Å². The van der Waals surface area contributed by atoms with Gasteiger partial charge in [-0.1, -0.05) is 128 Å². The lowest BCUT2D eigenvalue weighted by molar-refractivity contribution is 0.713. The first-order valence-electron chi connectivity index (χ1n) is 11.3. The van der Waals surface area contributed by atoms with Crippen molar-refractivity contribution in [1.82, 2.24) is 5.32 Å². The van der Waals surface area contributed by atoms with Gasteiger partial charge in [0, 0.05) is 6.54 Å². The van der Waals surface area contributed by atoms with Crippen molar-refractivity contribution >= 4 is 37.1 Å². The highest BCUT2D eigenvalue weighted by molar-refractivity contribution is 7.73. The molecule has 0 aliphatic heterocycles. The molecule has 0 radical (unpaired) electrons. The van der Waals surface area contributed by atoms with E-state index in [2.05, 4.69) is 134 Å². The van der Waals surface area contributed by atoms with Crippen molar-refractivity contribution in [2.75, 3.05) is 19.3 Å². The number of nitrogens with one attached hydrogen (secondary N) is 1. The standard InChI is InChI=1S/C29H31NP2/c1-25(32(28-18-10-4-11-19-28)29-20-12-5-13-21-29)24-30-22-23-31(26-14-6-2-7-15-26)27-16-8-3-9-17-27/h2-21,25,30H,22-24H2,1H3. The highest BCUT2D eigenvalue weighted by Gasteiger charge is 2.21. The first-order valence-corrected chi connectivity index (χ1v) is 14.2. The molecule has 4 aromatic carbocycles. The average molecular weight is 456 g/mol. The molecule has 32 heavy (non-hydrogen) atoms. The number of hydrogen-bond donors (Lipinski definition) is 1. The van der Waals surface area contributed by atoms with Crippen LogP contribution in [0.3, 0.4) is 0 Å². The van der Waals surface area contributed by atoms with Gasteiger partial charge in [0.1, 0.15) is 0 Å². The first kappa shape index (κ1) is 22.9. The molecule has 0 fully saturated rings. The molecule has 1 nitrogen and oxygen atoms in total. The Balaban J connectivity index is 1.42. The van der Waals surface area contributed by atoms with Crippen molar-refractivity contribution < 1.29 is 0 Å². The topological polar surface area (TPSA) is 12.0 Å². The maximum absolute atomic E-state index is 3.81. The van der Waals surface area contributed by atoms with E-state index in [9.17, 15) is 0 Å². The SMILES string of the molecule is CC(CNCCP(c1ccccc1)c1ccccc1)P(c1ccccc1)c1ccccc1. The van der Waals surface area contributed by atoms with Crippen LogP contribution in [-0.4, -0.2) is 24.9 Å². The second-order valence-electron chi connectivity index (χ2n) is 7.92. The molecule has 0 aromatic heterocycles. The third kappa shape index (κ3) is 6.14. The summed E-state index contributed by atoms with van der Waals surface area (Å²) in [5.74, 6) is 0. The Hall–Kier alpha value is -2.30. The predicted molar refractivity (Wildman–Crippen MR) is 145 cm³/mol. The Bertz CT molecular complexity index is 961. The van der Waals surface area contributed by atoms with Gasteiger partial charge in [0.15, 0.2) is 0 Å². The lowest BCUT2D eigenvalue weighted by atomic mass is 10.4. The van der Waals surface area contributed by atoms with Crippen molar-refractivity contribution in [3.63, 3.8) is 0 Å². The summed E-state index contributed by atoms with van der Waals surface area (Å²) < 4.78 is 0. The molecule has 1 unspecified atom stereocenters. The van der Waals surface area contributed by atoms with Gasteiger partial charge in [0.05, 0.1) is 0 Å². The molecule has 0 amide bonds. The van der Waals surface area contributed by atoms with Crippen LogP contribution in [-0.2, 0) is 0 Å². The minimum atomic E-state index is -0.389. The summed E-state index contributed by atoms with van der Waals surface area (Å²) in [6.45, 7) is 4.46. The fraction of sp³-hybridized carbons (Fsp3) is 0.172. The fourth-order valence-electron chi connectivity index (χ4n) is 4.05. The van der Waals surface area contributed by atoms with Crippen LogP contribution in [0.15, 0.2) is 121 Å². The molecule has 0 aliphatic rings. The summed E-state index contributed by atoms with van der Waals surface area (Å²) in [5, 5.41) is 9.64. The van der Waals surface area contributed by atoms with E-state index < -0.39 is 0 Å². The van der Waals surface area contributed by atoms with E-state index in [1.807, 2.05) is 0 Å². The largest absolute Gasteiger partial charge is 0.316 e. The van der Waals surface area contributed by atoms with Crippen LogP contribution in [0.2, 0.25) is 0 Å². The highest BCUT2D eigenvalue weighted by atomic mass is 31.1. The molecule has 4 aromatic rings. The van der Waals surface area contributed by atoms with Gasteiger partial charge in [-0.15, -0.1) is 0 Å². The van der Waals surface area contributed by atoms with E-state index in [1.54, 1.807) is 0 Å². The highest BCUT2D eigenvalue weighted by Crippen LogP contribution is 2.39. The monoisotopic (exact) mass is 455 g/mol. The molecule has 0 aliphatic carbocycles. The van der Waals surface area contributed by atoms with Gasteiger partial charge < -0.3 is 5.32 Å². The Morgan fingerprint density at radius 3 is 1.34 bits per heavy atom. The number of hydrogen-bond acceptors (Lipinski definition) is 1.